The fraction of sp³-hybridized carbons (Fsp3) is 0.381. The Bertz CT molecular complexity index is 907. The van der Waals surface area contributed by atoms with Gasteiger partial charge in [0.15, 0.2) is 0 Å². The smallest absolute Gasteiger partial charge is 0.281 e. The number of benzene rings is 2. The van der Waals surface area contributed by atoms with Crippen molar-refractivity contribution in [2.24, 2.45) is 5.92 Å². The third-order valence-electron chi connectivity index (χ3n) is 4.98. The van der Waals surface area contributed by atoms with Gasteiger partial charge in [0.1, 0.15) is 12.4 Å². The van der Waals surface area contributed by atoms with Crippen LogP contribution in [-0.4, -0.2) is 50.1 Å². The number of nitrogens with one attached hydrogen (secondary N) is 1. The van der Waals surface area contributed by atoms with E-state index in [-0.39, 0.29) is 11.8 Å². The Morgan fingerprint density at radius 2 is 1.69 bits per heavy atom. The molecule has 29 heavy (non-hydrogen) atoms. The largest absolute Gasteiger partial charge is 0.489 e. The summed E-state index contributed by atoms with van der Waals surface area (Å²) in [5, 5.41) is 2.92. The summed E-state index contributed by atoms with van der Waals surface area (Å²) in [6.07, 6.45) is 1.02. The molecule has 156 valence electrons. The highest BCUT2D eigenvalue weighted by Gasteiger charge is 2.32. The van der Waals surface area contributed by atoms with Gasteiger partial charge in [-0.25, -0.2) is 0 Å². The van der Waals surface area contributed by atoms with Gasteiger partial charge in [-0.2, -0.15) is 17.0 Å². The second-order valence-electron chi connectivity index (χ2n) is 7.25. The maximum Gasteiger partial charge on any atom is 0.281 e. The van der Waals surface area contributed by atoms with Crippen molar-refractivity contribution in [3.63, 3.8) is 0 Å². The minimum Gasteiger partial charge on any atom is -0.489 e. The highest BCUT2D eigenvalue weighted by molar-refractivity contribution is 7.86. The number of carbonyl (C=O) groups excluding carboxylic acids is 1. The lowest BCUT2D eigenvalue weighted by molar-refractivity contribution is -0.120. The summed E-state index contributed by atoms with van der Waals surface area (Å²) in [6.45, 7) is 1.19. The number of hydrogen-bond donors (Lipinski definition) is 1. The number of amides is 1. The first-order valence-corrected chi connectivity index (χ1v) is 11.0. The van der Waals surface area contributed by atoms with E-state index in [1.54, 1.807) is 0 Å². The molecular formula is C21H27N3O4S. The van der Waals surface area contributed by atoms with Gasteiger partial charge in [0, 0.05) is 38.8 Å². The van der Waals surface area contributed by atoms with Gasteiger partial charge in [0.2, 0.25) is 5.91 Å². The van der Waals surface area contributed by atoms with Crippen LogP contribution in [0.2, 0.25) is 0 Å². The van der Waals surface area contributed by atoms with Gasteiger partial charge in [0.05, 0.1) is 0 Å². The Balaban J connectivity index is 1.48. The molecule has 2 aromatic rings. The van der Waals surface area contributed by atoms with E-state index in [9.17, 15) is 13.2 Å². The monoisotopic (exact) mass is 417 g/mol. The van der Waals surface area contributed by atoms with Crippen molar-refractivity contribution in [2.45, 2.75) is 19.4 Å². The van der Waals surface area contributed by atoms with Crippen molar-refractivity contribution < 1.29 is 17.9 Å². The molecule has 1 fully saturated rings. The molecule has 1 aliphatic heterocycles. The number of nitrogens with zero attached hydrogens (tertiary/aromatic N) is 2. The zero-order chi connectivity index (χ0) is 20.9. The van der Waals surface area contributed by atoms with Crippen molar-refractivity contribution in [1.82, 2.24) is 8.61 Å². The van der Waals surface area contributed by atoms with Crippen molar-refractivity contribution >= 4 is 21.8 Å². The number of ether oxygens (including phenoxy) is 1. The van der Waals surface area contributed by atoms with Crippen molar-refractivity contribution in [3.8, 4) is 5.75 Å². The van der Waals surface area contributed by atoms with Crippen molar-refractivity contribution in [1.29, 1.82) is 0 Å². The molecule has 1 N–H and O–H groups in total. The Morgan fingerprint density at radius 3 is 2.28 bits per heavy atom. The maximum atomic E-state index is 12.5. The predicted molar refractivity (Wildman–Crippen MR) is 113 cm³/mol. The topological polar surface area (TPSA) is 79.0 Å². The summed E-state index contributed by atoms with van der Waals surface area (Å²) in [5.74, 6) is 0.455. The van der Waals surface area contributed by atoms with Crippen molar-refractivity contribution in [2.75, 3.05) is 32.5 Å². The number of anilines is 1. The van der Waals surface area contributed by atoms with Crippen LogP contribution in [0.15, 0.2) is 54.6 Å². The molecule has 0 unspecified atom stereocenters. The van der Waals surface area contributed by atoms with E-state index in [4.69, 9.17) is 4.74 Å². The maximum absolute atomic E-state index is 12.5. The summed E-state index contributed by atoms with van der Waals surface area (Å²) in [7, 11) is -0.387. The quantitative estimate of drug-likeness (QED) is 0.751. The van der Waals surface area contributed by atoms with E-state index in [1.807, 2.05) is 54.6 Å². The summed E-state index contributed by atoms with van der Waals surface area (Å²) < 4.78 is 32.7. The summed E-state index contributed by atoms with van der Waals surface area (Å²) in [5.41, 5.74) is 1.79. The zero-order valence-electron chi connectivity index (χ0n) is 16.7. The van der Waals surface area contributed by atoms with E-state index >= 15 is 0 Å². The number of carbonyl (C=O) groups is 1. The predicted octanol–water partition coefficient (Wildman–Crippen LogP) is 2.72. The van der Waals surface area contributed by atoms with Crippen LogP contribution < -0.4 is 10.1 Å². The highest BCUT2D eigenvalue weighted by Crippen LogP contribution is 2.23. The Hall–Kier alpha value is -2.42. The molecule has 0 aromatic heterocycles. The highest BCUT2D eigenvalue weighted by atomic mass is 32.2. The normalized spacial score (nSPS) is 16.0. The summed E-state index contributed by atoms with van der Waals surface area (Å²) >= 11 is 0. The number of hydrogen-bond acceptors (Lipinski definition) is 4. The lowest BCUT2D eigenvalue weighted by Gasteiger charge is -2.32. The molecule has 2 aromatic carbocycles. The van der Waals surface area contributed by atoms with Crippen LogP contribution in [0.1, 0.15) is 18.4 Å². The molecule has 7 nitrogen and oxygen atoms in total. The van der Waals surface area contributed by atoms with Gasteiger partial charge in [-0.15, -0.1) is 0 Å². The average Bonchev–Trinajstić information content (AvgIpc) is 2.74. The third kappa shape index (κ3) is 5.56. The second kappa shape index (κ2) is 9.39. The standard InChI is InChI=1S/C21H27N3O4S/c1-23(2)29(26,27)24-14-12-18(13-15-24)21(25)22-19-8-10-20(11-9-19)28-16-17-6-4-3-5-7-17/h3-11,18H,12-16H2,1-2H3,(H,22,25). The molecule has 8 heteroatoms. The van der Waals surface area contributed by atoms with E-state index in [0.717, 1.165) is 11.3 Å². The van der Waals surface area contributed by atoms with Crippen LogP contribution in [0.3, 0.4) is 0 Å². The lowest BCUT2D eigenvalue weighted by Crippen LogP contribution is -2.46. The number of rotatable bonds is 7. The Kier molecular flexibility index (Phi) is 6.89. The van der Waals surface area contributed by atoms with E-state index in [2.05, 4.69) is 5.32 Å². The summed E-state index contributed by atoms with van der Waals surface area (Å²) in [4.78, 5) is 12.5. The molecule has 1 amide bonds. The first-order valence-electron chi connectivity index (χ1n) is 9.61. The zero-order valence-corrected chi connectivity index (χ0v) is 17.6. The Morgan fingerprint density at radius 1 is 1.07 bits per heavy atom. The van der Waals surface area contributed by atoms with Crippen LogP contribution in [0.25, 0.3) is 0 Å². The van der Waals surface area contributed by atoms with Crippen molar-refractivity contribution in [3.05, 3.63) is 60.2 Å². The van der Waals surface area contributed by atoms with Gasteiger partial charge in [0.25, 0.3) is 10.2 Å². The van der Waals surface area contributed by atoms with Gasteiger partial charge in [-0.05, 0) is 42.7 Å². The fourth-order valence-corrected chi connectivity index (χ4v) is 4.33. The molecule has 0 saturated carbocycles. The molecule has 1 heterocycles. The SMILES string of the molecule is CN(C)S(=O)(=O)N1CCC(C(=O)Nc2ccc(OCc3ccccc3)cc2)CC1. The van der Waals surface area contributed by atoms with Crippen LogP contribution in [-0.2, 0) is 21.6 Å². The van der Waals surface area contributed by atoms with Gasteiger partial charge in [-0.1, -0.05) is 30.3 Å². The van der Waals surface area contributed by atoms with Gasteiger partial charge in [-0.3, -0.25) is 4.79 Å². The molecule has 0 aliphatic carbocycles. The first-order chi connectivity index (χ1) is 13.9. The van der Waals surface area contributed by atoms with Crippen LogP contribution in [0.4, 0.5) is 5.69 Å². The van der Waals surface area contributed by atoms with Gasteiger partial charge < -0.3 is 10.1 Å². The Labute approximate surface area is 172 Å². The molecular weight excluding hydrogens is 390 g/mol. The molecule has 1 saturated heterocycles. The van der Waals surface area contributed by atoms with E-state index < -0.39 is 10.2 Å². The molecule has 1 aliphatic rings. The first kappa shape index (κ1) is 21.3. The molecule has 3 rings (SSSR count). The molecule has 0 atom stereocenters. The van der Waals surface area contributed by atoms with E-state index in [0.29, 0.717) is 38.2 Å². The van der Waals surface area contributed by atoms with Crippen LogP contribution in [0, 0.1) is 5.92 Å². The molecule has 0 spiro atoms. The fourth-order valence-electron chi connectivity index (χ4n) is 3.20. The van der Waals surface area contributed by atoms with Gasteiger partial charge >= 0.3 is 0 Å². The minimum atomic E-state index is -3.42. The third-order valence-corrected chi connectivity index (χ3v) is 6.92. The van der Waals surface area contributed by atoms with Crippen LogP contribution >= 0.6 is 0 Å². The van der Waals surface area contributed by atoms with E-state index in [1.165, 1.54) is 22.7 Å². The lowest BCUT2D eigenvalue weighted by atomic mass is 9.97. The molecule has 0 bridgehead atoms. The summed E-state index contributed by atoms with van der Waals surface area (Å²) in [6, 6.07) is 17.2. The molecule has 0 radical (unpaired) electrons. The number of piperidine rings is 1. The average molecular weight is 418 g/mol. The van der Waals surface area contributed by atoms with Crippen LogP contribution in [0.5, 0.6) is 5.75 Å². The minimum absolute atomic E-state index is 0.0788. The second-order valence-corrected chi connectivity index (χ2v) is 9.39.